The van der Waals surface area contributed by atoms with E-state index in [4.69, 9.17) is 9.47 Å². The van der Waals surface area contributed by atoms with Crippen LogP contribution in [0, 0.1) is 5.92 Å². The summed E-state index contributed by atoms with van der Waals surface area (Å²) >= 11 is 0. The van der Waals surface area contributed by atoms with Crippen molar-refractivity contribution in [2.75, 3.05) is 33.4 Å². The van der Waals surface area contributed by atoms with Gasteiger partial charge in [-0.1, -0.05) is 12.1 Å². The Morgan fingerprint density at radius 1 is 1.09 bits per heavy atom. The smallest absolute Gasteiger partial charge is 0.161 e. The Morgan fingerprint density at radius 3 is 2.32 bits per heavy atom. The van der Waals surface area contributed by atoms with Crippen molar-refractivity contribution in [1.29, 1.82) is 0 Å². The van der Waals surface area contributed by atoms with Crippen LogP contribution < -0.4 is 9.47 Å². The van der Waals surface area contributed by atoms with Crippen molar-refractivity contribution in [3.63, 3.8) is 0 Å². The predicted molar refractivity (Wildman–Crippen MR) is 88.6 cm³/mol. The minimum absolute atomic E-state index is 0.341. The third-order valence-corrected chi connectivity index (χ3v) is 4.55. The Morgan fingerprint density at radius 2 is 1.73 bits per heavy atom. The highest BCUT2D eigenvalue weighted by atomic mass is 16.5. The van der Waals surface area contributed by atoms with E-state index in [1.807, 2.05) is 31.2 Å². The summed E-state index contributed by atoms with van der Waals surface area (Å²) in [6.45, 7) is 4.55. The zero-order valence-corrected chi connectivity index (χ0v) is 13.8. The topological polar surface area (TPSA) is 41.9 Å². The molecule has 1 aliphatic rings. The van der Waals surface area contributed by atoms with Gasteiger partial charge in [0.15, 0.2) is 11.5 Å². The molecule has 124 valence electrons. The molecule has 1 saturated carbocycles. The third-order valence-electron chi connectivity index (χ3n) is 4.55. The molecule has 22 heavy (non-hydrogen) atoms. The fourth-order valence-electron chi connectivity index (χ4n) is 3.09. The first-order valence-electron chi connectivity index (χ1n) is 8.40. The molecule has 0 radical (unpaired) electrons. The Labute approximate surface area is 134 Å². The van der Waals surface area contributed by atoms with Crippen LogP contribution in [0.2, 0.25) is 0 Å². The van der Waals surface area contributed by atoms with Gasteiger partial charge in [-0.05, 0) is 57.7 Å². The fourth-order valence-corrected chi connectivity index (χ4v) is 3.09. The maximum atomic E-state index is 9.21. The molecule has 0 aromatic heterocycles. The molecule has 0 unspecified atom stereocenters. The summed E-state index contributed by atoms with van der Waals surface area (Å²) < 4.78 is 11.5. The van der Waals surface area contributed by atoms with Crippen molar-refractivity contribution >= 4 is 0 Å². The van der Waals surface area contributed by atoms with Crippen molar-refractivity contribution < 1.29 is 14.6 Å². The number of aliphatic hydroxyl groups is 1. The molecule has 1 aromatic rings. The zero-order valence-electron chi connectivity index (χ0n) is 13.8. The number of ether oxygens (including phenoxy) is 2. The summed E-state index contributed by atoms with van der Waals surface area (Å²) in [6, 6.07) is 8.45. The molecule has 4 heteroatoms. The number of aliphatic hydroxyl groups excluding tert-OH is 1. The van der Waals surface area contributed by atoms with Crippen molar-refractivity contribution in [1.82, 2.24) is 4.90 Å². The second kappa shape index (κ2) is 9.01. The molecule has 0 bridgehead atoms. The Kier molecular flexibility index (Phi) is 7.00. The molecule has 0 saturated heterocycles. The van der Waals surface area contributed by atoms with Crippen LogP contribution in [0.25, 0.3) is 0 Å². The van der Waals surface area contributed by atoms with Crippen LogP contribution in [0.5, 0.6) is 11.5 Å². The van der Waals surface area contributed by atoms with E-state index in [0.29, 0.717) is 31.8 Å². The number of rotatable bonds is 8. The van der Waals surface area contributed by atoms with E-state index in [9.17, 15) is 5.11 Å². The van der Waals surface area contributed by atoms with Crippen LogP contribution in [-0.4, -0.2) is 49.5 Å². The second-order valence-electron chi connectivity index (χ2n) is 6.07. The molecule has 0 atom stereocenters. The number of hydrogen-bond acceptors (Lipinski definition) is 4. The highest BCUT2D eigenvalue weighted by molar-refractivity contribution is 5.39. The largest absolute Gasteiger partial charge is 0.490 e. The first kappa shape index (κ1) is 17.1. The number of hydrogen-bond donors (Lipinski definition) is 1. The molecule has 0 heterocycles. The van der Waals surface area contributed by atoms with Crippen molar-refractivity contribution in [2.45, 2.75) is 38.6 Å². The van der Waals surface area contributed by atoms with Gasteiger partial charge < -0.3 is 19.5 Å². The quantitative estimate of drug-likeness (QED) is 0.802. The molecule has 0 aliphatic heterocycles. The summed E-state index contributed by atoms with van der Waals surface area (Å²) in [5.74, 6) is 2.15. The van der Waals surface area contributed by atoms with E-state index < -0.39 is 0 Å². The van der Waals surface area contributed by atoms with Gasteiger partial charge in [0.25, 0.3) is 0 Å². The third kappa shape index (κ3) is 4.89. The van der Waals surface area contributed by atoms with Crippen molar-refractivity contribution in [2.24, 2.45) is 5.92 Å². The normalized spacial score (nSPS) is 21.8. The SMILES string of the molecule is CCOc1ccccc1OCCN(C)C1CCC(CO)CC1. The Balaban J connectivity index is 1.74. The van der Waals surface area contributed by atoms with E-state index in [1.165, 1.54) is 12.8 Å². The van der Waals surface area contributed by atoms with Crippen LogP contribution >= 0.6 is 0 Å². The number of likely N-dealkylation sites (N-methyl/N-ethyl adjacent to an activating group) is 1. The van der Waals surface area contributed by atoms with E-state index in [1.54, 1.807) is 0 Å². The van der Waals surface area contributed by atoms with Gasteiger partial charge in [-0.3, -0.25) is 0 Å². The first-order chi connectivity index (χ1) is 10.7. The maximum absolute atomic E-state index is 9.21. The average Bonchev–Trinajstić information content (AvgIpc) is 2.56. The molecular formula is C18H29NO3. The maximum Gasteiger partial charge on any atom is 0.161 e. The molecule has 2 rings (SSSR count). The van der Waals surface area contributed by atoms with Gasteiger partial charge >= 0.3 is 0 Å². The lowest BCUT2D eigenvalue weighted by Crippen LogP contribution is -2.38. The molecule has 1 aromatic carbocycles. The highest BCUT2D eigenvalue weighted by Crippen LogP contribution is 2.28. The van der Waals surface area contributed by atoms with Crippen LogP contribution in [0.15, 0.2) is 24.3 Å². The summed E-state index contributed by atoms with van der Waals surface area (Å²) in [6.07, 6.45) is 4.63. The Bertz CT molecular complexity index is 430. The Hall–Kier alpha value is -1.26. The van der Waals surface area contributed by atoms with E-state index in [-0.39, 0.29) is 0 Å². The van der Waals surface area contributed by atoms with Gasteiger partial charge in [0.1, 0.15) is 6.61 Å². The predicted octanol–water partition coefficient (Wildman–Crippen LogP) is 2.95. The lowest BCUT2D eigenvalue weighted by Gasteiger charge is -2.34. The van der Waals surface area contributed by atoms with Gasteiger partial charge in [0, 0.05) is 19.2 Å². The molecule has 4 nitrogen and oxygen atoms in total. The lowest BCUT2D eigenvalue weighted by atomic mass is 9.86. The standard InChI is InChI=1S/C18H29NO3/c1-3-21-17-6-4-5-7-18(17)22-13-12-19(2)16-10-8-15(14-20)9-11-16/h4-7,15-16,20H,3,8-14H2,1-2H3. The minimum atomic E-state index is 0.341. The molecule has 1 fully saturated rings. The first-order valence-corrected chi connectivity index (χ1v) is 8.40. The van der Waals surface area contributed by atoms with Crippen LogP contribution in [-0.2, 0) is 0 Å². The van der Waals surface area contributed by atoms with Crippen LogP contribution in [0.1, 0.15) is 32.6 Å². The highest BCUT2D eigenvalue weighted by Gasteiger charge is 2.23. The van der Waals surface area contributed by atoms with Gasteiger partial charge in [-0.15, -0.1) is 0 Å². The van der Waals surface area contributed by atoms with Gasteiger partial charge in [-0.2, -0.15) is 0 Å². The number of benzene rings is 1. The van der Waals surface area contributed by atoms with Gasteiger partial charge in [-0.25, -0.2) is 0 Å². The van der Waals surface area contributed by atoms with Crippen LogP contribution in [0.4, 0.5) is 0 Å². The summed E-state index contributed by atoms with van der Waals surface area (Å²) in [5.41, 5.74) is 0. The van der Waals surface area contributed by atoms with Crippen LogP contribution in [0.3, 0.4) is 0 Å². The molecule has 0 amide bonds. The van der Waals surface area contributed by atoms with Gasteiger partial charge in [0.05, 0.1) is 6.61 Å². The second-order valence-corrected chi connectivity index (χ2v) is 6.07. The summed E-state index contributed by atoms with van der Waals surface area (Å²) in [5, 5.41) is 9.21. The number of nitrogens with zero attached hydrogens (tertiary/aromatic N) is 1. The van der Waals surface area contributed by atoms with E-state index in [2.05, 4.69) is 11.9 Å². The average molecular weight is 307 g/mol. The van der Waals surface area contributed by atoms with Crippen molar-refractivity contribution in [3.05, 3.63) is 24.3 Å². The summed E-state index contributed by atoms with van der Waals surface area (Å²) in [7, 11) is 2.17. The lowest BCUT2D eigenvalue weighted by molar-refractivity contribution is 0.116. The minimum Gasteiger partial charge on any atom is -0.490 e. The van der Waals surface area contributed by atoms with E-state index in [0.717, 1.165) is 30.9 Å². The van der Waals surface area contributed by atoms with E-state index >= 15 is 0 Å². The fraction of sp³-hybridized carbons (Fsp3) is 0.667. The number of para-hydroxylation sites is 2. The summed E-state index contributed by atoms with van der Waals surface area (Å²) in [4.78, 5) is 2.39. The molecular weight excluding hydrogens is 278 g/mol. The van der Waals surface area contributed by atoms with Crippen molar-refractivity contribution in [3.8, 4) is 11.5 Å². The molecule has 1 N–H and O–H groups in total. The monoisotopic (exact) mass is 307 g/mol. The molecule has 0 spiro atoms. The van der Waals surface area contributed by atoms with Gasteiger partial charge in [0.2, 0.25) is 0 Å². The zero-order chi connectivity index (χ0) is 15.8. The molecule has 1 aliphatic carbocycles.